The Morgan fingerprint density at radius 1 is 1.26 bits per heavy atom. The summed E-state index contributed by atoms with van der Waals surface area (Å²) in [5.41, 5.74) is 6.26. The van der Waals surface area contributed by atoms with Gasteiger partial charge in [0.2, 0.25) is 5.95 Å². The van der Waals surface area contributed by atoms with E-state index in [-0.39, 0.29) is 0 Å². The van der Waals surface area contributed by atoms with Crippen molar-refractivity contribution in [3.05, 3.63) is 30.5 Å². The molecular weight excluding hydrogens is 402 g/mol. The molecule has 4 rings (SSSR count). The van der Waals surface area contributed by atoms with Gasteiger partial charge in [-0.15, -0.1) is 5.10 Å². The lowest BCUT2D eigenvalue weighted by Gasteiger charge is -2.11. The van der Waals surface area contributed by atoms with Crippen LogP contribution in [-0.2, 0) is 4.74 Å². The van der Waals surface area contributed by atoms with Crippen LogP contribution in [0.25, 0.3) is 16.9 Å². The maximum absolute atomic E-state index is 8.78. The second-order valence-electron chi connectivity index (χ2n) is 6.91. The van der Waals surface area contributed by atoms with Gasteiger partial charge < -0.3 is 25.6 Å². The Kier molecular flexibility index (Phi) is 7.93. The maximum Gasteiger partial charge on any atom is 0.402 e. The SMILES string of the molecule is CCOCCOc1ccc(-n2nnc3cnc(NC4CCCC4)nc32)cc1.NC(=O)O. The number of ether oxygens (including phenoxy) is 2. The molecule has 31 heavy (non-hydrogen) atoms. The molecule has 0 bridgehead atoms. The van der Waals surface area contributed by atoms with Gasteiger partial charge in [0.15, 0.2) is 11.2 Å². The predicted octanol–water partition coefficient (Wildman–Crippen LogP) is 2.60. The first-order valence-corrected chi connectivity index (χ1v) is 10.2. The standard InChI is InChI=1S/C19H24N6O2.CH3NO2/c1-2-26-11-12-27-16-9-7-15(8-10-16)25-18-17(23-24-25)13-20-19(22-18)21-14-5-3-4-6-14;2-1(3)4/h7-10,13-14H,2-6,11-12H2,1H3,(H,20,21,22);2H2,(H,3,4). The average molecular weight is 429 g/mol. The highest BCUT2D eigenvalue weighted by atomic mass is 16.5. The Balaban J connectivity index is 0.000000628. The zero-order valence-corrected chi connectivity index (χ0v) is 17.4. The lowest BCUT2D eigenvalue weighted by Crippen LogP contribution is -2.16. The van der Waals surface area contributed by atoms with E-state index in [1.165, 1.54) is 25.7 Å². The smallest absolute Gasteiger partial charge is 0.402 e. The number of fused-ring (bicyclic) bond motifs is 1. The molecule has 1 fully saturated rings. The summed E-state index contributed by atoms with van der Waals surface area (Å²) in [5, 5.41) is 19.0. The first kappa shape index (κ1) is 22.2. The number of aromatic nitrogens is 5. The number of anilines is 1. The fourth-order valence-electron chi connectivity index (χ4n) is 3.27. The van der Waals surface area contributed by atoms with Crippen LogP contribution in [-0.4, -0.2) is 62.0 Å². The van der Waals surface area contributed by atoms with E-state index >= 15 is 0 Å². The molecule has 11 heteroatoms. The fraction of sp³-hybridized carbons (Fsp3) is 0.450. The van der Waals surface area contributed by atoms with Crippen LogP contribution in [0.2, 0.25) is 0 Å². The largest absolute Gasteiger partial charge is 0.491 e. The van der Waals surface area contributed by atoms with Gasteiger partial charge in [0.1, 0.15) is 12.4 Å². The monoisotopic (exact) mass is 429 g/mol. The highest BCUT2D eigenvalue weighted by Gasteiger charge is 2.17. The Morgan fingerprint density at radius 2 is 1.97 bits per heavy atom. The van der Waals surface area contributed by atoms with E-state index in [4.69, 9.17) is 19.4 Å². The summed E-state index contributed by atoms with van der Waals surface area (Å²) < 4.78 is 12.7. The third-order valence-electron chi connectivity index (χ3n) is 4.66. The van der Waals surface area contributed by atoms with Crippen LogP contribution >= 0.6 is 0 Å². The van der Waals surface area contributed by atoms with Crippen LogP contribution in [0.5, 0.6) is 5.75 Å². The summed E-state index contributed by atoms with van der Waals surface area (Å²) in [6.45, 7) is 3.78. The van der Waals surface area contributed by atoms with Gasteiger partial charge in [0.05, 0.1) is 18.5 Å². The molecule has 0 atom stereocenters. The first-order valence-electron chi connectivity index (χ1n) is 10.2. The molecule has 0 unspecified atom stereocenters. The summed E-state index contributed by atoms with van der Waals surface area (Å²) in [5.74, 6) is 1.43. The molecule has 0 saturated heterocycles. The van der Waals surface area contributed by atoms with E-state index in [9.17, 15) is 0 Å². The molecule has 2 aromatic heterocycles. The van der Waals surface area contributed by atoms with Crippen LogP contribution in [0, 0.1) is 0 Å². The molecule has 11 nitrogen and oxygen atoms in total. The Bertz CT molecular complexity index is 967. The summed E-state index contributed by atoms with van der Waals surface area (Å²) in [6.07, 6.45) is 5.25. The first-order chi connectivity index (χ1) is 15.1. The fourth-order valence-corrected chi connectivity index (χ4v) is 3.27. The molecule has 1 saturated carbocycles. The number of primary amides is 1. The summed E-state index contributed by atoms with van der Waals surface area (Å²) in [7, 11) is 0. The van der Waals surface area contributed by atoms with E-state index in [0.717, 1.165) is 11.4 Å². The zero-order chi connectivity index (χ0) is 22.1. The molecule has 0 aliphatic heterocycles. The number of hydrogen-bond acceptors (Lipinski definition) is 8. The van der Waals surface area contributed by atoms with Gasteiger partial charge in [-0.25, -0.2) is 9.78 Å². The number of hydrogen-bond donors (Lipinski definition) is 3. The van der Waals surface area contributed by atoms with Crippen LogP contribution < -0.4 is 15.8 Å². The van der Waals surface area contributed by atoms with Crippen molar-refractivity contribution in [2.24, 2.45) is 5.73 Å². The van der Waals surface area contributed by atoms with Gasteiger partial charge in [-0.3, -0.25) is 0 Å². The van der Waals surface area contributed by atoms with Crippen LogP contribution in [0.15, 0.2) is 30.5 Å². The van der Waals surface area contributed by atoms with E-state index in [0.29, 0.717) is 43.0 Å². The van der Waals surface area contributed by atoms with Crippen molar-refractivity contribution >= 4 is 23.2 Å². The molecule has 166 valence electrons. The molecule has 1 aliphatic rings. The minimum Gasteiger partial charge on any atom is -0.491 e. The molecule has 0 spiro atoms. The van der Waals surface area contributed by atoms with Crippen molar-refractivity contribution in [1.82, 2.24) is 25.0 Å². The Morgan fingerprint density at radius 3 is 2.65 bits per heavy atom. The highest BCUT2D eigenvalue weighted by molar-refractivity contribution is 5.72. The predicted molar refractivity (Wildman–Crippen MR) is 115 cm³/mol. The minimum atomic E-state index is -1.33. The number of carbonyl (C=O) groups is 1. The van der Waals surface area contributed by atoms with Crippen molar-refractivity contribution < 1.29 is 19.4 Å². The van der Waals surface area contributed by atoms with Crippen molar-refractivity contribution in [2.75, 3.05) is 25.1 Å². The van der Waals surface area contributed by atoms with Gasteiger partial charge in [-0.2, -0.15) is 9.67 Å². The van der Waals surface area contributed by atoms with Crippen LogP contribution in [0.1, 0.15) is 32.6 Å². The van der Waals surface area contributed by atoms with Crippen LogP contribution in [0.4, 0.5) is 10.7 Å². The van der Waals surface area contributed by atoms with Gasteiger partial charge in [0, 0.05) is 12.6 Å². The number of amides is 1. The van der Waals surface area contributed by atoms with E-state index in [2.05, 4.69) is 31.3 Å². The molecule has 0 radical (unpaired) electrons. The highest BCUT2D eigenvalue weighted by Crippen LogP contribution is 2.22. The van der Waals surface area contributed by atoms with E-state index < -0.39 is 6.09 Å². The third-order valence-corrected chi connectivity index (χ3v) is 4.66. The molecule has 1 aromatic carbocycles. The number of nitrogens with two attached hydrogens (primary N) is 1. The van der Waals surface area contributed by atoms with Crippen molar-refractivity contribution in [3.8, 4) is 11.4 Å². The normalized spacial score (nSPS) is 13.6. The topological polar surface area (TPSA) is 150 Å². The maximum atomic E-state index is 8.78. The molecule has 2 heterocycles. The molecule has 4 N–H and O–H groups in total. The van der Waals surface area contributed by atoms with Gasteiger partial charge in [-0.05, 0) is 44.0 Å². The second-order valence-corrected chi connectivity index (χ2v) is 6.91. The van der Waals surface area contributed by atoms with Crippen molar-refractivity contribution in [3.63, 3.8) is 0 Å². The number of nitrogens with zero attached hydrogens (tertiary/aromatic N) is 5. The van der Waals surface area contributed by atoms with Crippen molar-refractivity contribution in [2.45, 2.75) is 38.6 Å². The van der Waals surface area contributed by atoms with Crippen LogP contribution in [0.3, 0.4) is 0 Å². The van der Waals surface area contributed by atoms with E-state index in [1.54, 1.807) is 10.9 Å². The molecule has 1 amide bonds. The van der Waals surface area contributed by atoms with Crippen molar-refractivity contribution in [1.29, 1.82) is 0 Å². The lowest BCUT2D eigenvalue weighted by atomic mass is 10.2. The quantitative estimate of drug-likeness (QED) is 0.459. The number of nitrogens with one attached hydrogen (secondary N) is 1. The number of rotatable bonds is 8. The number of carboxylic acid groups (broad SMARTS) is 1. The minimum absolute atomic E-state index is 0.458. The second kappa shape index (κ2) is 11.1. The van der Waals surface area contributed by atoms with E-state index in [1.807, 2.05) is 31.2 Å². The summed E-state index contributed by atoms with van der Waals surface area (Å²) >= 11 is 0. The average Bonchev–Trinajstić information content (AvgIpc) is 3.41. The summed E-state index contributed by atoms with van der Waals surface area (Å²) in [6, 6.07) is 8.16. The number of benzene rings is 1. The third kappa shape index (κ3) is 6.51. The Labute approximate surface area is 179 Å². The molecule has 1 aliphatic carbocycles. The lowest BCUT2D eigenvalue weighted by molar-refractivity contribution is 0.110. The Hall–Kier alpha value is -3.47. The van der Waals surface area contributed by atoms with Gasteiger partial charge in [-0.1, -0.05) is 18.1 Å². The molecular formula is C20H27N7O4. The summed E-state index contributed by atoms with van der Waals surface area (Å²) in [4.78, 5) is 17.8. The van der Waals surface area contributed by atoms with Gasteiger partial charge in [0.25, 0.3) is 0 Å². The zero-order valence-electron chi connectivity index (χ0n) is 17.4. The van der Waals surface area contributed by atoms with Gasteiger partial charge >= 0.3 is 6.09 Å². The molecule has 3 aromatic rings.